The van der Waals surface area contributed by atoms with Crippen molar-refractivity contribution in [2.75, 3.05) is 18.4 Å². The molecule has 0 spiro atoms. The van der Waals surface area contributed by atoms with Gasteiger partial charge >= 0.3 is 0 Å². The van der Waals surface area contributed by atoms with Crippen LogP contribution in [0.5, 0.6) is 0 Å². The van der Waals surface area contributed by atoms with Crippen molar-refractivity contribution < 1.29 is 19.2 Å². The molecule has 1 aromatic heterocycles. The molecule has 0 aliphatic heterocycles. The van der Waals surface area contributed by atoms with E-state index in [0.717, 1.165) is 0 Å². The van der Waals surface area contributed by atoms with Crippen LogP contribution in [-0.4, -0.2) is 36.7 Å². The third-order valence-corrected chi connectivity index (χ3v) is 3.92. The molecule has 5 N–H and O–H groups in total. The number of carbonyl (C=O) groups is 4. The van der Waals surface area contributed by atoms with Crippen molar-refractivity contribution in [3.8, 4) is 0 Å². The number of anilines is 1. The van der Waals surface area contributed by atoms with Crippen LogP contribution in [0.1, 0.15) is 20.0 Å². The highest BCUT2D eigenvalue weighted by molar-refractivity contribution is 7.12. The molecule has 0 saturated carbocycles. The van der Waals surface area contributed by atoms with Gasteiger partial charge in [-0.15, -0.1) is 11.3 Å². The minimum absolute atomic E-state index is 0.225. The van der Waals surface area contributed by atoms with E-state index < -0.39 is 17.7 Å². The molecule has 2 aromatic rings. The van der Waals surface area contributed by atoms with E-state index in [4.69, 9.17) is 5.73 Å². The molecule has 130 valence electrons. The first-order valence-electron chi connectivity index (χ1n) is 7.24. The van der Waals surface area contributed by atoms with Crippen LogP contribution < -0.4 is 21.7 Å². The van der Waals surface area contributed by atoms with E-state index in [2.05, 4.69) is 16.0 Å². The number of hydrogen-bond donors (Lipinski definition) is 4. The Hall–Kier alpha value is -3.20. The van der Waals surface area contributed by atoms with E-state index in [1.54, 1.807) is 17.5 Å². The summed E-state index contributed by atoms with van der Waals surface area (Å²) in [6.45, 7) is -0.470. The zero-order valence-corrected chi connectivity index (χ0v) is 13.9. The number of thiophene rings is 1. The molecule has 0 saturated heterocycles. The maximum atomic E-state index is 11.8. The Kier molecular flexibility index (Phi) is 6.24. The quantitative estimate of drug-likeness (QED) is 0.567. The highest BCUT2D eigenvalue weighted by Crippen LogP contribution is 2.09. The minimum atomic E-state index is -0.560. The van der Waals surface area contributed by atoms with Gasteiger partial charge in [0, 0.05) is 11.3 Å². The second kappa shape index (κ2) is 8.60. The molecule has 0 aliphatic rings. The molecule has 0 bridgehead atoms. The summed E-state index contributed by atoms with van der Waals surface area (Å²) >= 11 is 1.27. The van der Waals surface area contributed by atoms with Gasteiger partial charge in [-0.25, -0.2) is 0 Å². The summed E-state index contributed by atoms with van der Waals surface area (Å²) in [5.41, 5.74) is 5.92. The number of benzene rings is 1. The highest BCUT2D eigenvalue weighted by Gasteiger charge is 2.10. The Morgan fingerprint density at radius 2 is 1.60 bits per heavy atom. The average molecular weight is 360 g/mol. The number of nitrogens with one attached hydrogen (secondary N) is 3. The van der Waals surface area contributed by atoms with Crippen molar-refractivity contribution in [2.24, 2.45) is 5.73 Å². The standard InChI is InChI=1S/C16H16N4O4S/c17-15(23)10-3-5-11(6-4-10)20-14(22)9-18-13(21)8-19-16(24)12-2-1-7-25-12/h1-7H,8-9H2,(H2,17,23)(H,18,21)(H,19,24)(H,20,22). The smallest absolute Gasteiger partial charge is 0.261 e. The van der Waals surface area contributed by atoms with Crippen LogP contribution in [0.25, 0.3) is 0 Å². The van der Waals surface area contributed by atoms with Crippen LogP contribution in [0.15, 0.2) is 41.8 Å². The molecule has 0 atom stereocenters. The first-order chi connectivity index (χ1) is 12.0. The monoisotopic (exact) mass is 360 g/mol. The van der Waals surface area contributed by atoms with E-state index in [-0.39, 0.29) is 19.0 Å². The summed E-state index contributed by atoms with van der Waals surface area (Å²) in [5.74, 6) is -1.83. The largest absolute Gasteiger partial charge is 0.366 e. The lowest BCUT2D eigenvalue weighted by Crippen LogP contribution is -2.40. The van der Waals surface area contributed by atoms with Gasteiger partial charge in [-0.3, -0.25) is 19.2 Å². The summed E-state index contributed by atoms with van der Waals surface area (Å²) in [7, 11) is 0. The Balaban J connectivity index is 1.71. The molecular formula is C16H16N4O4S. The van der Waals surface area contributed by atoms with Gasteiger partial charge in [0.25, 0.3) is 5.91 Å². The summed E-state index contributed by atoms with van der Waals surface area (Å²) in [6.07, 6.45) is 0. The highest BCUT2D eigenvalue weighted by atomic mass is 32.1. The van der Waals surface area contributed by atoms with E-state index >= 15 is 0 Å². The molecule has 8 nitrogen and oxygen atoms in total. The fourth-order valence-electron chi connectivity index (χ4n) is 1.82. The van der Waals surface area contributed by atoms with Gasteiger partial charge < -0.3 is 21.7 Å². The second-order valence-electron chi connectivity index (χ2n) is 4.93. The third kappa shape index (κ3) is 5.74. The molecule has 9 heteroatoms. The lowest BCUT2D eigenvalue weighted by molar-refractivity contribution is -0.123. The number of carbonyl (C=O) groups excluding carboxylic acids is 4. The second-order valence-corrected chi connectivity index (χ2v) is 5.87. The molecule has 1 aromatic carbocycles. The molecule has 2 rings (SSSR count). The fourth-order valence-corrected chi connectivity index (χ4v) is 2.46. The summed E-state index contributed by atoms with van der Waals surface area (Å²) in [4.78, 5) is 46.5. The minimum Gasteiger partial charge on any atom is -0.366 e. The topological polar surface area (TPSA) is 130 Å². The molecule has 4 amide bonds. The fraction of sp³-hybridized carbons (Fsp3) is 0.125. The van der Waals surface area contributed by atoms with Gasteiger partial charge in [0.1, 0.15) is 0 Å². The lowest BCUT2D eigenvalue weighted by atomic mass is 10.2. The van der Waals surface area contributed by atoms with Crippen molar-refractivity contribution in [2.45, 2.75) is 0 Å². The Labute approximate surface area is 147 Å². The first kappa shape index (κ1) is 18.1. The SMILES string of the molecule is NC(=O)c1ccc(NC(=O)CNC(=O)CNC(=O)c2cccs2)cc1. The summed E-state index contributed by atoms with van der Waals surface area (Å²) in [6, 6.07) is 9.41. The molecule has 0 aliphatic carbocycles. The average Bonchev–Trinajstić information content (AvgIpc) is 3.13. The molecule has 25 heavy (non-hydrogen) atoms. The third-order valence-electron chi connectivity index (χ3n) is 3.05. The van der Waals surface area contributed by atoms with Crippen molar-refractivity contribution in [1.29, 1.82) is 0 Å². The van der Waals surface area contributed by atoms with Gasteiger partial charge in [-0.2, -0.15) is 0 Å². The molecule has 0 unspecified atom stereocenters. The number of nitrogens with two attached hydrogens (primary N) is 1. The first-order valence-corrected chi connectivity index (χ1v) is 8.12. The van der Waals surface area contributed by atoms with Gasteiger partial charge in [-0.05, 0) is 35.7 Å². The van der Waals surface area contributed by atoms with Gasteiger partial charge in [0.05, 0.1) is 18.0 Å². The Bertz CT molecular complexity index is 772. The maximum Gasteiger partial charge on any atom is 0.261 e. The predicted molar refractivity (Wildman–Crippen MR) is 93.3 cm³/mol. The van der Waals surface area contributed by atoms with Crippen molar-refractivity contribution in [3.63, 3.8) is 0 Å². The Morgan fingerprint density at radius 3 is 2.20 bits per heavy atom. The van der Waals surface area contributed by atoms with Crippen LogP contribution in [0.3, 0.4) is 0 Å². The number of hydrogen-bond acceptors (Lipinski definition) is 5. The van der Waals surface area contributed by atoms with Crippen LogP contribution in [-0.2, 0) is 9.59 Å². The summed E-state index contributed by atoms with van der Waals surface area (Å²) in [5, 5.41) is 9.17. The van der Waals surface area contributed by atoms with E-state index in [0.29, 0.717) is 16.1 Å². The van der Waals surface area contributed by atoms with Crippen molar-refractivity contribution in [3.05, 3.63) is 52.2 Å². The van der Waals surface area contributed by atoms with Gasteiger partial charge in [0.2, 0.25) is 17.7 Å². The van der Waals surface area contributed by atoms with E-state index in [1.165, 1.54) is 35.6 Å². The predicted octanol–water partition coefficient (Wildman–Crippen LogP) is 0.332. The molecule has 0 radical (unpaired) electrons. The zero-order chi connectivity index (χ0) is 18.2. The van der Waals surface area contributed by atoms with Crippen molar-refractivity contribution >= 4 is 40.7 Å². The lowest BCUT2D eigenvalue weighted by Gasteiger charge is -2.08. The van der Waals surface area contributed by atoms with E-state index in [9.17, 15) is 19.2 Å². The number of primary amides is 1. The van der Waals surface area contributed by atoms with Crippen LogP contribution >= 0.6 is 11.3 Å². The normalized spacial score (nSPS) is 9.92. The van der Waals surface area contributed by atoms with E-state index in [1.807, 2.05) is 0 Å². The molecule has 1 heterocycles. The van der Waals surface area contributed by atoms with Gasteiger partial charge in [0.15, 0.2) is 0 Å². The van der Waals surface area contributed by atoms with Gasteiger partial charge in [-0.1, -0.05) is 6.07 Å². The zero-order valence-electron chi connectivity index (χ0n) is 13.1. The van der Waals surface area contributed by atoms with Crippen LogP contribution in [0.2, 0.25) is 0 Å². The Morgan fingerprint density at radius 1 is 0.920 bits per heavy atom. The molecule has 0 fully saturated rings. The van der Waals surface area contributed by atoms with Crippen LogP contribution in [0.4, 0.5) is 5.69 Å². The maximum absolute atomic E-state index is 11.8. The van der Waals surface area contributed by atoms with Crippen molar-refractivity contribution in [1.82, 2.24) is 10.6 Å². The summed E-state index contributed by atoms with van der Waals surface area (Å²) < 4.78 is 0. The number of amides is 4. The molecular weight excluding hydrogens is 344 g/mol. The number of rotatable bonds is 7. The van der Waals surface area contributed by atoms with Crippen LogP contribution in [0, 0.1) is 0 Å².